The molecule has 0 aromatic carbocycles. The van der Waals surface area contributed by atoms with Crippen molar-refractivity contribution in [2.45, 2.75) is 113 Å². The van der Waals surface area contributed by atoms with Gasteiger partial charge < -0.3 is 70.9 Å². The summed E-state index contributed by atoms with van der Waals surface area (Å²) < 4.78 is 27.6. The van der Waals surface area contributed by atoms with Crippen molar-refractivity contribution >= 4 is 5.97 Å². The van der Waals surface area contributed by atoms with Crippen LogP contribution < -0.4 is 11.5 Å². The van der Waals surface area contributed by atoms with Crippen LogP contribution in [0.2, 0.25) is 0 Å². The normalized spacial score (nSPS) is 38.7. The number of esters is 1. The van der Waals surface area contributed by atoms with E-state index in [1.54, 1.807) is 20.8 Å². The maximum Gasteiger partial charge on any atom is 0.323 e. The van der Waals surface area contributed by atoms with Gasteiger partial charge >= 0.3 is 5.97 Å². The zero-order valence-corrected chi connectivity index (χ0v) is 21.2. The highest BCUT2D eigenvalue weighted by atomic mass is 16.8. The highest BCUT2D eigenvalue weighted by molar-refractivity contribution is 5.75. The van der Waals surface area contributed by atoms with Crippen LogP contribution in [-0.4, -0.2) is 141 Å². The highest BCUT2D eigenvalue weighted by Gasteiger charge is 2.51. The Bertz CT molecular complexity index is 709. The summed E-state index contributed by atoms with van der Waals surface area (Å²) in [5.74, 6) is -0.611. The van der Waals surface area contributed by atoms with E-state index in [2.05, 4.69) is 0 Å². The van der Waals surface area contributed by atoms with Gasteiger partial charge in [0.2, 0.25) is 0 Å². The minimum Gasteiger partial charge on any atom is -0.459 e. The van der Waals surface area contributed by atoms with Crippen molar-refractivity contribution < 1.29 is 64.2 Å². The molecule has 2 fully saturated rings. The molecular formula is C22H42N2O13. The Morgan fingerprint density at radius 3 is 1.92 bits per heavy atom. The number of nitrogens with two attached hydrogens (primary N) is 2. The minimum atomic E-state index is -1.80. The molecule has 0 saturated carbocycles. The Kier molecular flexibility index (Phi) is 12.0. The molecule has 0 bridgehead atoms. The molecule has 2 aliphatic heterocycles. The minimum absolute atomic E-state index is 0.0733. The zero-order valence-electron chi connectivity index (χ0n) is 21.2. The van der Waals surface area contributed by atoms with Crippen molar-refractivity contribution in [2.75, 3.05) is 19.8 Å². The molecule has 37 heavy (non-hydrogen) atoms. The summed E-state index contributed by atoms with van der Waals surface area (Å²) in [6.07, 6.45) is -16.3. The van der Waals surface area contributed by atoms with Crippen LogP contribution in [0.1, 0.15) is 33.6 Å². The van der Waals surface area contributed by atoms with Crippen LogP contribution in [0, 0.1) is 0 Å². The fourth-order valence-electron chi connectivity index (χ4n) is 3.94. The average Bonchev–Trinajstić information content (AvgIpc) is 2.84. The molecule has 2 aliphatic rings. The first-order valence-corrected chi connectivity index (χ1v) is 12.2. The topological polar surface area (TPSA) is 257 Å². The third-order valence-electron chi connectivity index (χ3n) is 6.06. The van der Waals surface area contributed by atoms with Gasteiger partial charge in [0.05, 0.1) is 19.3 Å². The largest absolute Gasteiger partial charge is 0.459 e. The maximum atomic E-state index is 12.2. The SMILES string of the molecule is CC(C)(C)OC(=O)[C@@H](N)CC[C@H](CN)O[C@@H]1O[C@H](CO)[C@H](O)[C@H](O)[C@H]1O[C@H]1O[C@H](CO)[C@@H](O)[C@H](O)[C@H]1O. The number of aliphatic hydroxyl groups excluding tert-OH is 7. The van der Waals surface area contributed by atoms with Crippen LogP contribution in [-0.2, 0) is 28.5 Å². The number of carbonyl (C=O) groups excluding carboxylic acids is 1. The molecule has 15 heteroatoms. The second-order valence-electron chi connectivity index (χ2n) is 10.2. The molecule has 2 saturated heterocycles. The number of hydrogen-bond acceptors (Lipinski definition) is 15. The van der Waals surface area contributed by atoms with Crippen molar-refractivity contribution in [1.29, 1.82) is 0 Å². The summed E-state index contributed by atoms with van der Waals surface area (Å²) in [6.45, 7) is 3.65. The Morgan fingerprint density at radius 2 is 1.41 bits per heavy atom. The molecule has 0 aliphatic carbocycles. The van der Waals surface area contributed by atoms with Gasteiger partial charge in [-0.25, -0.2) is 0 Å². The lowest BCUT2D eigenvalue weighted by Crippen LogP contribution is -2.65. The Morgan fingerprint density at radius 1 is 0.865 bits per heavy atom. The van der Waals surface area contributed by atoms with Crippen LogP contribution in [0.25, 0.3) is 0 Å². The molecule has 0 spiro atoms. The predicted molar refractivity (Wildman–Crippen MR) is 123 cm³/mol. The maximum absolute atomic E-state index is 12.2. The summed E-state index contributed by atoms with van der Waals surface area (Å²) in [5, 5.41) is 70.3. The van der Waals surface area contributed by atoms with E-state index in [0.29, 0.717) is 0 Å². The monoisotopic (exact) mass is 542 g/mol. The Hall–Kier alpha value is -1.05. The predicted octanol–water partition coefficient (Wildman–Crippen LogP) is -4.60. The van der Waals surface area contributed by atoms with E-state index in [1.165, 1.54) is 0 Å². The average molecular weight is 543 g/mol. The number of ether oxygens (including phenoxy) is 5. The lowest BCUT2D eigenvalue weighted by molar-refractivity contribution is -0.371. The fourth-order valence-corrected chi connectivity index (χ4v) is 3.94. The third-order valence-corrected chi connectivity index (χ3v) is 6.06. The van der Waals surface area contributed by atoms with Crippen molar-refractivity contribution in [3.63, 3.8) is 0 Å². The molecule has 0 aromatic heterocycles. The highest BCUT2D eigenvalue weighted by Crippen LogP contribution is 2.30. The van der Waals surface area contributed by atoms with Gasteiger partial charge in [-0.1, -0.05) is 0 Å². The molecule has 0 unspecified atom stereocenters. The Balaban J connectivity index is 2.13. The number of hydrogen-bond donors (Lipinski definition) is 9. The number of rotatable bonds is 11. The van der Waals surface area contributed by atoms with E-state index in [1.807, 2.05) is 0 Å². The second-order valence-corrected chi connectivity index (χ2v) is 10.2. The van der Waals surface area contributed by atoms with Crippen LogP contribution in [0.4, 0.5) is 0 Å². The van der Waals surface area contributed by atoms with Crippen molar-refractivity contribution in [3.8, 4) is 0 Å². The van der Waals surface area contributed by atoms with Gasteiger partial charge in [0.15, 0.2) is 12.6 Å². The molecule has 0 radical (unpaired) electrons. The van der Waals surface area contributed by atoms with Gasteiger partial charge in [-0.3, -0.25) is 4.79 Å². The van der Waals surface area contributed by atoms with Crippen LogP contribution >= 0.6 is 0 Å². The molecule has 218 valence electrons. The molecule has 2 rings (SSSR count). The smallest absolute Gasteiger partial charge is 0.323 e. The van der Waals surface area contributed by atoms with E-state index in [-0.39, 0.29) is 19.4 Å². The summed E-state index contributed by atoms with van der Waals surface area (Å²) in [5.41, 5.74) is 11.0. The van der Waals surface area contributed by atoms with E-state index in [4.69, 9.17) is 35.2 Å². The van der Waals surface area contributed by atoms with Crippen LogP contribution in [0.5, 0.6) is 0 Å². The van der Waals surface area contributed by atoms with Crippen molar-refractivity contribution in [2.24, 2.45) is 11.5 Å². The van der Waals surface area contributed by atoms with Gasteiger partial charge in [-0.05, 0) is 33.6 Å². The second kappa shape index (κ2) is 13.8. The zero-order chi connectivity index (χ0) is 28.1. The van der Waals surface area contributed by atoms with Gasteiger partial charge in [-0.15, -0.1) is 0 Å². The summed E-state index contributed by atoms with van der Waals surface area (Å²) >= 11 is 0. The third kappa shape index (κ3) is 8.47. The van der Waals surface area contributed by atoms with Gasteiger partial charge in [0, 0.05) is 6.54 Å². The van der Waals surface area contributed by atoms with E-state index >= 15 is 0 Å². The number of carbonyl (C=O) groups is 1. The lowest BCUT2D eigenvalue weighted by Gasteiger charge is -2.46. The molecule has 11 N–H and O–H groups in total. The molecular weight excluding hydrogens is 500 g/mol. The van der Waals surface area contributed by atoms with Crippen LogP contribution in [0.15, 0.2) is 0 Å². The standard InChI is InChI=1S/C22H42N2O13/c1-22(2,3)37-19(32)10(24)5-4-9(6-23)33-21-18(16(30)14(28)12(8-26)35-21)36-20-17(31)15(29)13(27)11(7-25)34-20/h9-18,20-21,25-31H,4-8,23-24H2,1-3H3/t9-,10+,11-,12-,13-,14+,15+,16+,17-,18-,20-,21-/m1/s1. The van der Waals surface area contributed by atoms with Crippen LogP contribution in [0.3, 0.4) is 0 Å². The van der Waals surface area contributed by atoms with Crippen molar-refractivity contribution in [3.05, 3.63) is 0 Å². The van der Waals surface area contributed by atoms with Gasteiger partial charge in [-0.2, -0.15) is 0 Å². The molecule has 15 nitrogen and oxygen atoms in total. The summed E-state index contributed by atoms with van der Waals surface area (Å²) in [6, 6.07) is -0.970. The lowest BCUT2D eigenvalue weighted by atomic mass is 9.97. The molecule has 2 heterocycles. The molecule has 0 aromatic rings. The van der Waals surface area contributed by atoms with E-state index in [9.17, 15) is 40.5 Å². The van der Waals surface area contributed by atoms with Gasteiger partial charge in [0.25, 0.3) is 0 Å². The molecule has 0 amide bonds. The van der Waals surface area contributed by atoms with Gasteiger partial charge in [0.1, 0.15) is 60.5 Å². The fraction of sp³-hybridized carbons (Fsp3) is 0.955. The molecule has 12 atom stereocenters. The number of aliphatic hydroxyl groups is 7. The summed E-state index contributed by atoms with van der Waals surface area (Å²) in [7, 11) is 0. The first-order chi connectivity index (χ1) is 17.2. The quantitative estimate of drug-likeness (QED) is 0.111. The van der Waals surface area contributed by atoms with E-state index in [0.717, 1.165) is 0 Å². The van der Waals surface area contributed by atoms with E-state index < -0.39 is 98.3 Å². The first kappa shape index (κ1) is 32.2. The first-order valence-electron chi connectivity index (χ1n) is 12.2. The Labute approximate surface area is 214 Å². The summed E-state index contributed by atoms with van der Waals surface area (Å²) in [4.78, 5) is 12.2. The van der Waals surface area contributed by atoms with Crippen molar-refractivity contribution in [1.82, 2.24) is 0 Å².